The van der Waals surface area contributed by atoms with Gasteiger partial charge in [-0.3, -0.25) is 9.59 Å². The fourth-order valence-corrected chi connectivity index (χ4v) is 2.22. The summed E-state index contributed by atoms with van der Waals surface area (Å²) < 4.78 is 5.10. The molecule has 1 heterocycles. The van der Waals surface area contributed by atoms with Crippen molar-refractivity contribution >= 4 is 23.3 Å². The molecule has 1 atom stereocenters. The van der Waals surface area contributed by atoms with E-state index in [0.29, 0.717) is 11.3 Å². The summed E-state index contributed by atoms with van der Waals surface area (Å²) in [5, 5.41) is 12.5. The van der Waals surface area contributed by atoms with Crippen LogP contribution in [-0.4, -0.2) is 22.8 Å². The molecule has 2 N–H and O–H groups in total. The lowest BCUT2D eigenvalue weighted by atomic mass is 9.97. The van der Waals surface area contributed by atoms with Gasteiger partial charge < -0.3 is 15.2 Å². The Morgan fingerprint density at radius 3 is 2.30 bits per heavy atom. The number of benzene rings is 1. The number of aliphatic hydroxyl groups is 1. The number of rotatable bonds is 4. The van der Waals surface area contributed by atoms with E-state index in [1.807, 2.05) is 0 Å². The molecule has 120 valence electrons. The molecule has 0 aliphatic carbocycles. The number of cyclic esters (lactones) is 1. The Balaban J connectivity index is 2.34. The zero-order chi connectivity index (χ0) is 17.1. The number of allylic oxidation sites excluding steroid dienone is 2. The van der Waals surface area contributed by atoms with Gasteiger partial charge in [0.15, 0.2) is 11.9 Å². The Bertz CT molecular complexity index is 724. The second kappa shape index (κ2) is 6.48. The van der Waals surface area contributed by atoms with Gasteiger partial charge in [0.05, 0.1) is 5.57 Å². The molecule has 0 fully saturated rings. The molecule has 0 saturated carbocycles. The van der Waals surface area contributed by atoms with E-state index >= 15 is 0 Å². The molecule has 0 saturated heterocycles. The van der Waals surface area contributed by atoms with Crippen molar-refractivity contribution in [1.29, 1.82) is 0 Å². The number of ether oxygens (including phenoxy) is 1. The van der Waals surface area contributed by atoms with Gasteiger partial charge in [0, 0.05) is 12.6 Å². The molecule has 1 aromatic rings. The Morgan fingerprint density at radius 2 is 1.78 bits per heavy atom. The number of carbonyl (C=O) groups excluding carboxylic acids is 3. The number of esters is 1. The van der Waals surface area contributed by atoms with Crippen LogP contribution < -0.4 is 5.32 Å². The predicted octanol–water partition coefficient (Wildman–Crippen LogP) is 2.59. The molecule has 1 aromatic carbocycles. The second-order valence-electron chi connectivity index (χ2n) is 5.44. The minimum atomic E-state index is -0.961. The predicted molar refractivity (Wildman–Crippen MR) is 83.7 cm³/mol. The van der Waals surface area contributed by atoms with Crippen molar-refractivity contribution in [3.8, 4) is 0 Å². The number of nitrogens with one attached hydrogen (secondary N) is 1. The van der Waals surface area contributed by atoms with E-state index in [1.165, 1.54) is 13.0 Å². The Labute approximate surface area is 133 Å². The first-order chi connectivity index (χ1) is 10.8. The van der Waals surface area contributed by atoms with Crippen LogP contribution in [0.4, 0.5) is 5.69 Å². The van der Waals surface area contributed by atoms with E-state index in [0.717, 1.165) is 5.57 Å². The minimum absolute atomic E-state index is 0.0801. The smallest absolute Gasteiger partial charge is 0.374 e. The third kappa shape index (κ3) is 3.66. The summed E-state index contributed by atoms with van der Waals surface area (Å²) in [5.74, 6) is -2.26. The van der Waals surface area contributed by atoms with Crippen LogP contribution in [0.2, 0.25) is 0 Å². The van der Waals surface area contributed by atoms with Crippen molar-refractivity contribution in [2.24, 2.45) is 0 Å². The molecule has 0 bridgehead atoms. The average molecular weight is 315 g/mol. The molecule has 0 unspecified atom stereocenters. The summed E-state index contributed by atoms with van der Waals surface area (Å²) >= 11 is 0. The summed E-state index contributed by atoms with van der Waals surface area (Å²) in [6, 6.07) is 6.50. The van der Waals surface area contributed by atoms with Gasteiger partial charge >= 0.3 is 5.97 Å². The van der Waals surface area contributed by atoms with Crippen LogP contribution in [0.5, 0.6) is 0 Å². The normalized spacial score (nSPS) is 16.8. The van der Waals surface area contributed by atoms with Crippen molar-refractivity contribution < 1.29 is 24.2 Å². The number of anilines is 1. The van der Waals surface area contributed by atoms with Crippen molar-refractivity contribution in [2.75, 3.05) is 5.32 Å². The molecule has 6 heteroatoms. The van der Waals surface area contributed by atoms with E-state index in [2.05, 4.69) is 5.32 Å². The van der Waals surface area contributed by atoms with Crippen LogP contribution in [0.1, 0.15) is 32.4 Å². The largest absolute Gasteiger partial charge is 0.501 e. The van der Waals surface area contributed by atoms with E-state index < -0.39 is 23.6 Å². The summed E-state index contributed by atoms with van der Waals surface area (Å²) in [7, 11) is 0. The highest BCUT2D eigenvalue weighted by molar-refractivity contribution is 6.11. The van der Waals surface area contributed by atoms with E-state index in [1.54, 1.807) is 38.1 Å². The Morgan fingerprint density at radius 1 is 1.17 bits per heavy atom. The monoisotopic (exact) mass is 315 g/mol. The summed E-state index contributed by atoms with van der Waals surface area (Å²) in [4.78, 5) is 34.8. The first-order valence-corrected chi connectivity index (χ1v) is 7.00. The van der Waals surface area contributed by atoms with Gasteiger partial charge in [0.1, 0.15) is 0 Å². The highest BCUT2D eigenvalue weighted by Crippen LogP contribution is 2.35. The lowest BCUT2D eigenvalue weighted by Gasteiger charge is -2.13. The molecule has 0 aromatic heterocycles. The molecule has 1 aliphatic heterocycles. The minimum Gasteiger partial charge on any atom is -0.501 e. The van der Waals surface area contributed by atoms with E-state index in [9.17, 15) is 19.5 Å². The SMILES string of the molecule is CC(=O)Nc1ccc([C@H]2OC(=O)C(O)=C2C(=O)C=C(C)C)cc1. The third-order valence-electron chi connectivity index (χ3n) is 3.15. The number of amides is 1. The Kier molecular flexibility index (Phi) is 4.64. The van der Waals surface area contributed by atoms with Gasteiger partial charge in [-0.05, 0) is 37.6 Å². The quantitative estimate of drug-likeness (QED) is 0.658. The topological polar surface area (TPSA) is 92.7 Å². The first kappa shape index (κ1) is 16.5. The van der Waals surface area contributed by atoms with Crippen molar-refractivity contribution in [3.05, 3.63) is 52.8 Å². The second-order valence-corrected chi connectivity index (χ2v) is 5.44. The van der Waals surface area contributed by atoms with Crippen LogP contribution in [0, 0.1) is 0 Å². The number of ketones is 1. The van der Waals surface area contributed by atoms with Gasteiger partial charge in [-0.1, -0.05) is 17.7 Å². The fraction of sp³-hybridized carbons (Fsp3) is 0.235. The average Bonchev–Trinajstić information content (AvgIpc) is 2.74. The van der Waals surface area contributed by atoms with E-state index in [-0.39, 0.29) is 11.5 Å². The van der Waals surface area contributed by atoms with Gasteiger partial charge in [0.2, 0.25) is 11.7 Å². The van der Waals surface area contributed by atoms with Gasteiger partial charge in [-0.15, -0.1) is 0 Å². The van der Waals surface area contributed by atoms with Crippen LogP contribution >= 0.6 is 0 Å². The van der Waals surface area contributed by atoms with Crippen molar-refractivity contribution in [3.63, 3.8) is 0 Å². The maximum Gasteiger partial charge on any atom is 0.374 e. The highest BCUT2D eigenvalue weighted by Gasteiger charge is 2.38. The zero-order valence-electron chi connectivity index (χ0n) is 13.0. The first-order valence-electron chi connectivity index (χ1n) is 7.00. The summed E-state index contributed by atoms with van der Waals surface area (Å²) in [6.45, 7) is 4.87. The van der Waals surface area contributed by atoms with Crippen LogP contribution in [0.15, 0.2) is 47.2 Å². The molecule has 6 nitrogen and oxygen atoms in total. The number of carbonyl (C=O) groups is 3. The maximum absolute atomic E-state index is 12.2. The van der Waals surface area contributed by atoms with Crippen molar-refractivity contribution in [1.82, 2.24) is 0 Å². The number of aliphatic hydroxyl groups excluding tert-OH is 1. The van der Waals surface area contributed by atoms with Gasteiger partial charge in [0.25, 0.3) is 0 Å². The summed E-state index contributed by atoms with van der Waals surface area (Å²) in [6.07, 6.45) is 0.378. The lowest BCUT2D eigenvalue weighted by molar-refractivity contribution is -0.142. The third-order valence-corrected chi connectivity index (χ3v) is 3.15. The molecule has 1 aliphatic rings. The fourth-order valence-electron chi connectivity index (χ4n) is 2.22. The lowest BCUT2D eigenvalue weighted by Crippen LogP contribution is -2.10. The van der Waals surface area contributed by atoms with Gasteiger partial charge in [-0.2, -0.15) is 0 Å². The molecule has 0 radical (unpaired) electrons. The van der Waals surface area contributed by atoms with Crippen LogP contribution in [0.3, 0.4) is 0 Å². The standard InChI is InChI=1S/C17H17NO5/c1-9(2)8-13(20)14-15(21)17(22)23-16(14)11-4-6-12(7-5-11)18-10(3)19/h4-8,16,21H,1-3H3,(H,18,19)/t16-/m1/s1. The molecule has 2 rings (SSSR count). The van der Waals surface area contributed by atoms with Crippen LogP contribution in [0.25, 0.3) is 0 Å². The molecular weight excluding hydrogens is 298 g/mol. The van der Waals surface area contributed by atoms with Crippen LogP contribution in [-0.2, 0) is 19.1 Å². The van der Waals surface area contributed by atoms with E-state index in [4.69, 9.17) is 4.74 Å². The van der Waals surface area contributed by atoms with Gasteiger partial charge in [-0.25, -0.2) is 4.79 Å². The molecule has 1 amide bonds. The Hall–Kier alpha value is -2.89. The highest BCUT2D eigenvalue weighted by atomic mass is 16.6. The molecular formula is C17H17NO5. The molecule has 0 spiro atoms. The number of hydrogen-bond donors (Lipinski definition) is 2. The molecule has 23 heavy (non-hydrogen) atoms. The zero-order valence-corrected chi connectivity index (χ0v) is 13.0. The number of hydrogen-bond acceptors (Lipinski definition) is 5. The summed E-state index contributed by atoms with van der Waals surface area (Å²) in [5.41, 5.74) is 1.77. The van der Waals surface area contributed by atoms with Crippen molar-refractivity contribution in [2.45, 2.75) is 26.9 Å². The maximum atomic E-state index is 12.2.